The van der Waals surface area contributed by atoms with Crippen LogP contribution in [0.2, 0.25) is 5.02 Å². The van der Waals surface area contributed by atoms with E-state index in [1.165, 1.54) is 0 Å². The van der Waals surface area contributed by atoms with Crippen molar-refractivity contribution >= 4 is 23.2 Å². The molecule has 0 heterocycles. The number of halogens is 1. The van der Waals surface area contributed by atoms with Gasteiger partial charge >= 0.3 is 0 Å². The lowest BCUT2D eigenvalue weighted by molar-refractivity contribution is -0.121. The molecule has 3 nitrogen and oxygen atoms in total. The summed E-state index contributed by atoms with van der Waals surface area (Å²) in [7, 11) is 3.61. The normalized spacial score (nSPS) is 12.3. The van der Waals surface area contributed by atoms with Gasteiger partial charge in [-0.2, -0.15) is 0 Å². The highest BCUT2D eigenvalue weighted by atomic mass is 35.5. The maximum Gasteiger partial charge on any atom is 0.230 e. The summed E-state index contributed by atoms with van der Waals surface area (Å²) in [5, 5.41) is 3.69. The second-order valence-electron chi connectivity index (χ2n) is 4.29. The zero-order valence-electron chi connectivity index (χ0n) is 10.7. The van der Waals surface area contributed by atoms with Crippen molar-refractivity contribution in [3.05, 3.63) is 28.8 Å². The quantitative estimate of drug-likeness (QED) is 0.895. The fourth-order valence-electron chi connectivity index (χ4n) is 1.64. The Kier molecular flexibility index (Phi) is 4.97. The number of benzene rings is 1. The van der Waals surface area contributed by atoms with Gasteiger partial charge in [-0.1, -0.05) is 24.6 Å². The van der Waals surface area contributed by atoms with Crippen molar-refractivity contribution in [1.29, 1.82) is 0 Å². The van der Waals surface area contributed by atoms with Crippen LogP contribution in [0.1, 0.15) is 12.5 Å². The average molecular weight is 255 g/mol. The van der Waals surface area contributed by atoms with E-state index in [1.54, 1.807) is 11.9 Å². The van der Waals surface area contributed by atoms with Gasteiger partial charge < -0.3 is 10.2 Å². The Labute approximate surface area is 108 Å². The third kappa shape index (κ3) is 3.45. The number of amides is 1. The number of carbonyl (C=O) groups excluding carboxylic acids is 1. The van der Waals surface area contributed by atoms with Gasteiger partial charge in [-0.3, -0.25) is 4.79 Å². The van der Waals surface area contributed by atoms with Crippen molar-refractivity contribution in [2.75, 3.05) is 25.5 Å². The third-order valence-corrected chi connectivity index (χ3v) is 3.21. The Morgan fingerprint density at radius 2 is 2.18 bits per heavy atom. The molecular weight excluding hydrogens is 236 g/mol. The predicted octanol–water partition coefficient (Wildman–Crippen LogP) is 2.47. The summed E-state index contributed by atoms with van der Waals surface area (Å²) in [6.07, 6.45) is 0. The van der Waals surface area contributed by atoms with E-state index < -0.39 is 0 Å². The average Bonchev–Trinajstić information content (AvgIpc) is 2.31. The number of rotatable bonds is 4. The number of hydrogen-bond donors (Lipinski definition) is 1. The van der Waals surface area contributed by atoms with Crippen molar-refractivity contribution in [2.24, 2.45) is 5.92 Å². The highest BCUT2D eigenvalue weighted by Gasteiger charge is 2.18. The van der Waals surface area contributed by atoms with Crippen LogP contribution in [-0.2, 0) is 4.79 Å². The van der Waals surface area contributed by atoms with Crippen LogP contribution in [-0.4, -0.2) is 26.5 Å². The first-order valence-corrected chi connectivity index (χ1v) is 6.03. The Morgan fingerprint density at radius 1 is 1.53 bits per heavy atom. The maximum atomic E-state index is 12.1. The Morgan fingerprint density at radius 3 is 2.71 bits per heavy atom. The summed E-state index contributed by atoms with van der Waals surface area (Å²) in [5.74, 6) is 0.0318. The van der Waals surface area contributed by atoms with Crippen LogP contribution in [0.4, 0.5) is 5.69 Å². The Balaban J connectivity index is 2.85. The standard InChI is InChI=1S/C13H19ClN2O/c1-9-5-6-11(7-12(9)14)16(4)13(17)10(2)8-15-3/h5-7,10,15H,8H2,1-4H3. The van der Waals surface area contributed by atoms with Gasteiger partial charge in [0.2, 0.25) is 5.91 Å². The van der Waals surface area contributed by atoms with E-state index in [-0.39, 0.29) is 11.8 Å². The molecule has 94 valence electrons. The van der Waals surface area contributed by atoms with Gasteiger partial charge in [-0.05, 0) is 31.7 Å². The van der Waals surface area contributed by atoms with Gasteiger partial charge in [-0.25, -0.2) is 0 Å². The zero-order chi connectivity index (χ0) is 13.0. The molecule has 1 unspecified atom stereocenters. The van der Waals surface area contributed by atoms with Crippen LogP contribution < -0.4 is 10.2 Å². The van der Waals surface area contributed by atoms with Crippen LogP contribution in [0.25, 0.3) is 0 Å². The van der Waals surface area contributed by atoms with Crippen LogP contribution >= 0.6 is 11.6 Å². The molecular formula is C13H19ClN2O. The van der Waals surface area contributed by atoms with Crippen molar-refractivity contribution in [3.63, 3.8) is 0 Å². The fraction of sp³-hybridized carbons (Fsp3) is 0.462. The predicted molar refractivity (Wildman–Crippen MR) is 72.7 cm³/mol. The minimum atomic E-state index is -0.0509. The molecule has 0 aliphatic rings. The molecule has 1 N–H and O–H groups in total. The van der Waals surface area contributed by atoms with Gasteiger partial charge in [0.05, 0.1) is 0 Å². The fourth-order valence-corrected chi connectivity index (χ4v) is 1.82. The van der Waals surface area contributed by atoms with Crippen molar-refractivity contribution < 1.29 is 4.79 Å². The lowest BCUT2D eigenvalue weighted by Crippen LogP contribution is -2.35. The molecule has 0 saturated carbocycles. The van der Waals surface area contributed by atoms with Gasteiger partial charge in [-0.15, -0.1) is 0 Å². The number of nitrogens with one attached hydrogen (secondary N) is 1. The molecule has 1 aromatic carbocycles. The van der Waals surface area contributed by atoms with Crippen LogP contribution in [0, 0.1) is 12.8 Å². The van der Waals surface area contributed by atoms with Crippen LogP contribution in [0.15, 0.2) is 18.2 Å². The topological polar surface area (TPSA) is 32.3 Å². The molecule has 4 heteroatoms. The summed E-state index contributed by atoms with van der Waals surface area (Å²) in [5.41, 5.74) is 1.84. The first-order chi connectivity index (χ1) is 7.97. The number of hydrogen-bond acceptors (Lipinski definition) is 2. The minimum absolute atomic E-state index is 0.0509. The largest absolute Gasteiger partial charge is 0.319 e. The Bertz CT molecular complexity index is 406. The second-order valence-corrected chi connectivity index (χ2v) is 4.70. The first kappa shape index (κ1) is 14.0. The SMILES string of the molecule is CNCC(C)C(=O)N(C)c1ccc(C)c(Cl)c1. The van der Waals surface area contributed by atoms with E-state index in [4.69, 9.17) is 11.6 Å². The maximum absolute atomic E-state index is 12.1. The smallest absolute Gasteiger partial charge is 0.230 e. The highest BCUT2D eigenvalue weighted by Crippen LogP contribution is 2.23. The molecule has 0 radical (unpaired) electrons. The summed E-state index contributed by atoms with van der Waals surface area (Å²) in [6.45, 7) is 4.52. The molecule has 1 rings (SSSR count). The van der Waals surface area contributed by atoms with E-state index in [2.05, 4.69) is 5.32 Å². The van der Waals surface area contributed by atoms with Gasteiger partial charge in [0.25, 0.3) is 0 Å². The first-order valence-electron chi connectivity index (χ1n) is 5.65. The monoisotopic (exact) mass is 254 g/mol. The van der Waals surface area contributed by atoms with E-state index in [9.17, 15) is 4.79 Å². The van der Waals surface area contributed by atoms with Gasteiger partial charge in [0, 0.05) is 30.2 Å². The van der Waals surface area contributed by atoms with E-state index in [0.717, 1.165) is 11.3 Å². The van der Waals surface area contributed by atoms with Gasteiger partial charge in [0.15, 0.2) is 0 Å². The van der Waals surface area contributed by atoms with E-state index >= 15 is 0 Å². The molecule has 17 heavy (non-hydrogen) atoms. The van der Waals surface area contributed by atoms with Crippen molar-refractivity contribution in [2.45, 2.75) is 13.8 Å². The van der Waals surface area contributed by atoms with Crippen molar-refractivity contribution in [3.8, 4) is 0 Å². The Hall–Kier alpha value is -1.06. The molecule has 0 bridgehead atoms. The molecule has 0 aromatic heterocycles. The van der Waals surface area contributed by atoms with E-state index in [1.807, 2.05) is 39.1 Å². The molecule has 1 amide bonds. The summed E-state index contributed by atoms with van der Waals surface area (Å²) < 4.78 is 0. The summed E-state index contributed by atoms with van der Waals surface area (Å²) in [6, 6.07) is 5.65. The van der Waals surface area contributed by atoms with Crippen LogP contribution in [0.3, 0.4) is 0 Å². The number of anilines is 1. The molecule has 0 spiro atoms. The zero-order valence-corrected chi connectivity index (χ0v) is 11.5. The third-order valence-electron chi connectivity index (χ3n) is 2.81. The second kappa shape index (κ2) is 6.03. The summed E-state index contributed by atoms with van der Waals surface area (Å²) in [4.78, 5) is 13.7. The van der Waals surface area contributed by atoms with Crippen molar-refractivity contribution in [1.82, 2.24) is 5.32 Å². The molecule has 0 aliphatic heterocycles. The number of nitrogens with zero attached hydrogens (tertiary/aromatic N) is 1. The number of carbonyl (C=O) groups is 1. The molecule has 1 aromatic rings. The lowest BCUT2D eigenvalue weighted by atomic mass is 10.1. The van der Waals surface area contributed by atoms with Crippen LogP contribution in [0.5, 0.6) is 0 Å². The molecule has 1 atom stereocenters. The van der Waals surface area contributed by atoms with E-state index in [0.29, 0.717) is 11.6 Å². The summed E-state index contributed by atoms with van der Waals surface area (Å²) >= 11 is 6.05. The molecule has 0 saturated heterocycles. The molecule has 0 fully saturated rings. The lowest BCUT2D eigenvalue weighted by Gasteiger charge is -2.21. The molecule has 0 aliphatic carbocycles. The number of aryl methyl sites for hydroxylation is 1. The highest BCUT2D eigenvalue weighted by molar-refractivity contribution is 6.31. The van der Waals surface area contributed by atoms with Gasteiger partial charge in [0.1, 0.15) is 0 Å². The minimum Gasteiger partial charge on any atom is -0.319 e.